The van der Waals surface area contributed by atoms with Gasteiger partial charge in [0, 0.05) is 50.4 Å². The minimum absolute atomic E-state index is 0.0267. The Bertz CT molecular complexity index is 695. The lowest BCUT2D eigenvalue weighted by Crippen LogP contribution is -2.50. The number of hydrogen-bond donors (Lipinski definition) is 0. The van der Waals surface area contributed by atoms with E-state index in [2.05, 4.69) is 4.98 Å². The highest BCUT2D eigenvalue weighted by atomic mass is 32.2. The van der Waals surface area contributed by atoms with Crippen molar-refractivity contribution < 1.29 is 22.7 Å². The van der Waals surface area contributed by atoms with E-state index in [4.69, 9.17) is 9.47 Å². The average Bonchev–Trinajstić information content (AvgIpc) is 3.07. The first-order chi connectivity index (χ1) is 11.4. The number of pyridine rings is 1. The van der Waals surface area contributed by atoms with Crippen LogP contribution in [-0.4, -0.2) is 80.3 Å². The van der Waals surface area contributed by atoms with Crippen LogP contribution >= 0.6 is 0 Å². The van der Waals surface area contributed by atoms with E-state index >= 15 is 0 Å². The topological polar surface area (TPSA) is 89.0 Å². The SMILES string of the molecule is CS(=O)(=O)N1CCN(C(=O)c2ccnc(O[C@@H]3CCOC3)c2)CC1. The van der Waals surface area contributed by atoms with Gasteiger partial charge in [0.1, 0.15) is 6.10 Å². The lowest BCUT2D eigenvalue weighted by molar-refractivity contribution is 0.0697. The highest BCUT2D eigenvalue weighted by Gasteiger charge is 2.27. The molecule has 1 atom stereocenters. The van der Waals surface area contributed by atoms with Gasteiger partial charge in [0.25, 0.3) is 5.91 Å². The van der Waals surface area contributed by atoms with Crippen molar-refractivity contribution in [1.82, 2.24) is 14.2 Å². The molecule has 0 unspecified atom stereocenters. The van der Waals surface area contributed by atoms with Gasteiger partial charge in [0.2, 0.25) is 15.9 Å². The quantitative estimate of drug-likeness (QED) is 0.753. The number of piperazine rings is 1. The van der Waals surface area contributed by atoms with Crippen molar-refractivity contribution in [3.05, 3.63) is 23.9 Å². The summed E-state index contributed by atoms with van der Waals surface area (Å²) in [6, 6.07) is 3.27. The highest BCUT2D eigenvalue weighted by molar-refractivity contribution is 7.88. The third-order valence-electron chi connectivity index (χ3n) is 4.15. The molecule has 1 amide bonds. The van der Waals surface area contributed by atoms with E-state index in [1.165, 1.54) is 10.6 Å². The monoisotopic (exact) mass is 355 g/mol. The lowest BCUT2D eigenvalue weighted by atomic mass is 10.2. The van der Waals surface area contributed by atoms with Crippen LogP contribution in [0.2, 0.25) is 0 Å². The summed E-state index contributed by atoms with van der Waals surface area (Å²) < 4.78 is 35.4. The second-order valence-electron chi connectivity index (χ2n) is 5.94. The van der Waals surface area contributed by atoms with Gasteiger partial charge in [-0.05, 0) is 6.07 Å². The van der Waals surface area contributed by atoms with E-state index < -0.39 is 10.0 Å². The summed E-state index contributed by atoms with van der Waals surface area (Å²) in [5, 5.41) is 0. The molecule has 0 bridgehead atoms. The van der Waals surface area contributed by atoms with E-state index in [1.54, 1.807) is 23.2 Å². The van der Waals surface area contributed by atoms with Crippen LogP contribution in [0.15, 0.2) is 18.3 Å². The van der Waals surface area contributed by atoms with E-state index in [9.17, 15) is 13.2 Å². The number of aromatic nitrogens is 1. The van der Waals surface area contributed by atoms with Gasteiger partial charge in [-0.25, -0.2) is 13.4 Å². The Morgan fingerprint density at radius 3 is 2.71 bits per heavy atom. The molecule has 0 N–H and O–H groups in total. The summed E-state index contributed by atoms with van der Waals surface area (Å²) in [4.78, 5) is 18.4. The van der Waals surface area contributed by atoms with Gasteiger partial charge in [-0.2, -0.15) is 4.31 Å². The number of carbonyl (C=O) groups is 1. The maximum Gasteiger partial charge on any atom is 0.254 e. The van der Waals surface area contributed by atoms with Crippen molar-refractivity contribution >= 4 is 15.9 Å². The van der Waals surface area contributed by atoms with Crippen LogP contribution in [0, 0.1) is 0 Å². The fraction of sp³-hybridized carbons (Fsp3) is 0.600. The van der Waals surface area contributed by atoms with Crippen LogP contribution in [0.4, 0.5) is 0 Å². The number of sulfonamides is 1. The van der Waals surface area contributed by atoms with Gasteiger partial charge in [-0.3, -0.25) is 4.79 Å². The van der Waals surface area contributed by atoms with E-state index in [-0.39, 0.29) is 12.0 Å². The summed E-state index contributed by atoms with van der Waals surface area (Å²) in [5.41, 5.74) is 0.492. The largest absolute Gasteiger partial charge is 0.472 e. The standard InChI is InChI=1S/C15H21N3O5S/c1-24(20,21)18-7-5-17(6-8-18)15(19)12-2-4-16-14(10-12)23-13-3-9-22-11-13/h2,4,10,13H,3,5-9,11H2,1H3/t13-/m1/s1. The van der Waals surface area contributed by atoms with Crippen molar-refractivity contribution in [1.29, 1.82) is 0 Å². The molecule has 2 saturated heterocycles. The number of amides is 1. The predicted octanol–water partition coefficient (Wildman–Crippen LogP) is -0.0333. The second-order valence-corrected chi connectivity index (χ2v) is 7.92. The molecule has 3 rings (SSSR count). The minimum atomic E-state index is -3.21. The summed E-state index contributed by atoms with van der Waals surface area (Å²) in [6.07, 6.45) is 3.52. The predicted molar refractivity (Wildman–Crippen MR) is 86.4 cm³/mol. The zero-order valence-corrected chi connectivity index (χ0v) is 14.4. The molecule has 0 aromatic carbocycles. The van der Waals surface area contributed by atoms with Gasteiger partial charge in [-0.1, -0.05) is 0 Å². The van der Waals surface area contributed by atoms with Crippen LogP contribution in [-0.2, 0) is 14.8 Å². The molecule has 2 aliphatic rings. The van der Waals surface area contributed by atoms with Gasteiger partial charge in [0.05, 0.1) is 19.5 Å². The number of nitrogens with zero attached hydrogens (tertiary/aromatic N) is 3. The fourth-order valence-corrected chi connectivity index (χ4v) is 3.62. The lowest BCUT2D eigenvalue weighted by Gasteiger charge is -2.33. The zero-order valence-electron chi connectivity index (χ0n) is 13.6. The second kappa shape index (κ2) is 7.04. The Morgan fingerprint density at radius 2 is 2.08 bits per heavy atom. The summed E-state index contributed by atoms with van der Waals surface area (Å²) >= 11 is 0. The van der Waals surface area contributed by atoms with Crippen LogP contribution < -0.4 is 4.74 Å². The molecule has 1 aromatic rings. The van der Waals surface area contributed by atoms with Gasteiger partial charge < -0.3 is 14.4 Å². The van der Waals surface area contributed by atoms with Crippen molar-refractivity contribution in [2.45, 2.75) is 12.5 Å². The summed E-state index contributed by atoms with van der Waals surface area (Å²) in [7, 11) is -3.21. The molecule has 0 aliphatic carbocycles. The van der Waals surface area contributed by atoms with E-state index in [0.717, 1.165) is 6.42 Å². The minimum Gasteiger partial charge on any atom is -0.472 e. The number of carbonyl (C=O) groups excluding carboxylic acids is 1. The Labute approximate surface area is 141 Å². The number of hydrogen-bond acceptors (Lipinski definition) is 6. The molecule has 0 radical (unpaired) electrons. The number of ether oxygens (including phenoxy) is 2. The van der Waals surface area contributed by atoms with Gasteiger partial charge >= 0.3 is 0 Å². The molecule has 8 nitrogen and oxygen atoms in total. The van der Waals surface area contributed by atoms with Crippen molar-refractivity contribution in [3.8, 4) is 5.88 Å². The Balaban J connectivity index is 1.63. The third-order valence-corrected chi connectivity index (χ3v) is 5.46. The molecule has 0 saturated carbocycles. The van der Waals surface area contributed by atoms with Crippen molar-refractivity contribution in [2.75, 3.05) is 45.6 Å². The summed E-state index contributed by atoms with van der Waals surface area (Å²) in [5.74, 6) is 0.268. The highest BCUT2D eigenvalue weighted by Crippen LogP contribution is 2.17. The zero-order chi connectivity index (χ0) is 17.2. The van der Waals surface area contributed by atoms with Crippen LogP contribution in [0.1, 0.15) is 16.8 Å². The Morgan fingerprint density at radius 1 is 1.33 bits per heavy atom. The molecule has 2 aliphatic heterocycles. The molecule has 3 heterocycles. The van der Waals surface area contributed by atoms with Crippen LogP contribution in [0.5, 0.6) is 5.88 Å². The smallest absolute Gasteiger partial charge is 0.254 e. The van der Waals surface area contributed by atoms with Crippen LogP contribution in [0.3, 0.4) is 0 Å². The molecule has 9 heteroatoms. The molecule has 2 fully saturated rings. The fourth-order valence-electron chi connectivity index (χ4n) is 2.79. The maximum atomic E-state index is 12.6. The normalized spacial score (nSPS) is 22.5. The molecule has 132 valence electrons. The summed E-state index contributed by atoms with van der Waals surface area (Å²) in [6.45, 7) is 2.60. The Kier molecular flexibility index (Phi) is 5.02. The number of rotatable bonds is 4. The third kappa shape index (κ3) is 4.03. The average molecular weight is 355 g/mol. The molecule has 0 spiro atoms. The van der Waals surface area contributed by atoms with Crippen LogP contribution in [0.25, 0.3) is 0 Å². The first-order valence-electron chi connectivity index (χ1n) is 7.88. The first kappa shape index (κ1) is 17.1. The first-order valence-corrected chi connectivity index (χ1v) is 9.73. The molecule has 1 aromatic heterocycles. The Hall–Kier alpha value is -1.71. The molecule has 24 heavy (non-hydrogen) atoms. The van der Waals surface area contributed by atoms with E-state index in [1.807, 2.05) is 0 Å². The van der Waals surface area contributed by atoms with Crippen molar-refractivity contribution in [3.63, 3.8) is 0 Å². The van der Waals surface area contributed by atoms with Gasteiger partial charge in [-0.15, -0.1) is 0 Å². The molecular weight excluding hydrogens is 334 g/mol. The maximum absolute atomic E-state index is 12.6. The van der Waals surface area contributed by atoms with E-state index in [0.29, 0.717) is 50.8 Å². The molecular formula is C15H21N3O5S. The van der Waals surface area contributed by atoms with Crippen molar-refractivity contribution in [2.24, 2.45) is 0 Å². The van der Waals surface area contributed by atoms with Gasteiger partial charge in [0.15, 0.2) is 0 Å².